The maximum atomic E-state index is 5.83. The fourth-order valence-electron chi connectivity index (χ4n) is 4.55. The van der Waals surface area contributed by atoms with E-state index in [1.165, 1.54) is 167 Å². The molecule has 0 aliphatic rings. The number of ether oxygens (including phenoxy) is 1. The largest absolute Gasteiger partial charge is 0.381 e. The van der Waals surface area contributed by atoms with Crippen molar-refractivity contribution in [1.29, 1.82) is 0 Å². The molecule has 0 saturated heterocycles. The molecule has 0 rings (SSSR count). The highest BCUT2D eigenvalue weighted by Gasteiger charge is 1.96. The van der Waals surface area contributed by atoms with Crippen molar-refractivity contribution in [1.82, 2.24) is 0 Å². The molecule has 0 aromatic rings. The summed E-state index contributed by atoms with van der Waals surface area (Å²) in [6.45, 7) is 6.59. The Morgan fingerprint density at radius 1 is 0.258 bits per heavy atom. The van der Waals surface area contributed by atoms with Gasteiger partial charge < -0.3 is 4.74 Å². The van der Waals surface area contributed by atoms with E-state index in [2.05, 4.69) is 13.8 Å². The van der Waals surface area contributed by atoms with E-state index in [9.17, 15) is 0 Å². The van der Waals surface area contributed by atoms with E-state index in [1.807, 2.05) is 0 Å². The molecule has 0 atom stereocenters. The zero-order valence-electron chi connectivity index (χ0n) is 22.2. The van der Waals surface area contributed by atoms with Gasteiger partial charge in [-0.05, 0) is 12.8 Å². The Bertz CT molecular complexity index is 260. The monoisotopic (exact) mass is 438 g/mol. The summed E-state index contributed by atoms with van der Waals surface area (Å²) in [7, 11) is 0. The first-order valence-electron chi connectivity index (χ1n) is 15.0. The van der Waals surface area contributed by atoms with Crippen LogP contribution < -0.4 is 0 Å². The molecule has 0 radical (unpaired) electrons. The highest BCUT2D eigenvalue weighted by atomic mass is 16.5. The lowest BCUT2D eigenvalue weighted by Crippen LogP contribution is -1.97. The molecular formula is C30H62O. The van der Waals surface area contributed by atoms with E-state index in [0.717, 1.165) is 13.2 Å². The van der Waals surface area contributed by atoms with Crippen LogP contribution in [0, 0.1) is 0 Å². The Kier molecular flexibility index (Phi) is 29.9. The first-order chi connectivity index (χ1) is 15.4. The second-order valence-corrected chi connectivity index (χ2v) is 10.1. The number of hydrogen-bond acceptors (Lipinski definition) is 1. The molecule has 0 fully saturated rings. The lowest BCUT2D eigenvalue weighted by molar-refractivity contribution is 0.125. The van der Waals surface area contributed by atoms with E-state index in [0.29, 0.717) is 0 Å². The van der Waals surface area contributed by atoms with Crippen LogP contribution in [-0.4, -0.2) is 13.2 Å². The lowest BCUT2D eigenvalue weighted by Gasteiger charge is -2.05. The minimum absolute atomic E-state index is 0.996. The van der Waals surface area contributed by atoms with Crippen LogP contribution in [0.2, 0.25) is 0 Å². The van der Waals surface area contributed by atoms with Gasteiger partial charge in [0.15, 0.2) is 0 Å². The second kappa shape index (κ2) is 30.0. The van der Waals surface area contributed by atoms with E-state index in [1.54, 1.807) is 0 Å². The summed E-state index contributed by atoms with van der Waals surface area (Å²) in [6, 6.07) is 0. The molecule has 0 aromatic carbocycles. The Balaban J connectivity index is 2.98. The van der Waals surface area contributed by atoms with Gasteiger partial charge in [0.1, 0.15) is 0 Å². The van der Waals surface area contributed by atoms with E-state index in [-0.39, 0.29) is 0 Å². The molecule has 0 unspecified atom stereocenters. The number of hydrogen-bond donors (Lipinski definition) is 0. The molecule has 1 nitrogen and oxygen atoms in total. The van der Waals surface area contributed by atoms with Gasteiger partial charge in [0.25, 0.3) is 0 Å². The van der Waals surface area contributed by atoms with Gasteiger partial charge in [-0.15, -0.1) is 0 Å². The van der Waals surface area contributed by atoms with Crippen molar-refractivity contribution in [2.24, 2.45) is 0 Å². The van der Waals surface area contributed by atoms with Gasteiger partial charge in [0.05, 0.1) is 0 Å². The summed E-state index contributed by atoms with van der Waals surface area (Å²) in [5.74, 6) is 0. The van der Waals surface area contributed by atoms with Crippen LogP contribution in [0.5, 0.6) is 0 Å². The van der Waals surface area contributed by atoms with Crippen molar-refractivity contribution >= 4 is 0 Å². The summed E-state index contributed by atoms with van der Waals surface area (Å²) < 4.78 is 5.83. The van der Waals surface area contributed by atoms with Crippen LogP contribution in [0.15, 0.2) is 0 Å². The Hall–Kier alpha value is -0.0400. The van der Waals surface area contributed by atoms with Crippen LogP contribution in [0.1, 0.15) is 181 Å². The smallest absolute Gasteiger partial charge is 0.0466 e. The lowest BCUT2D eigenvalue weighted by atomic mass is 10.0. The number of rotatable bonds is 28. The third-order valence-corrected chi connectivity index (χ3v) is 6.78. The Morgan fingerprint density at radius 2 is 0.452 bits per heavy atom. The van der Waals surface area contributed by atoms with Crippen LogP contribution in [0.25, 0.3) is 0 Å². The molecule has 31 heavy (non-hydrogen) atoms. The molecular weight excluding hydrogens is 376 g/mol. The zero-order chi connectivity index (χ0) is 22.5. The van der Waals surface area contributed by atoms with Crippen LogP contribution in [0.3, 0.4) is 0 Å². The highest BCUT2D eigenvalue weighted by molar-refractivity contribution is 4.50. The molecule has 1 heteroatoms. The Labute approximate surface area is 198 Å². The van der Waals surface area contributed by atoms with Crippen molar-refractivity contribution in [3.8, 4) is 0 Å². The van der Waals surface area contributed by atoms with Crippen LogP contribution >= 0.6 is 0 Å². The third-order valence-electron chi connectivity index (χ3n) is 6.78. The fraction of sp³-hybridized carbons (Fsp3) is 1.00. The first kappa shape index (κ1) is 31.0. The topological polar surface area (TPSA) is 9.23 Å². The van der Waals surface area contributed by atoms with Crippen molar-refractivity contribution in [2.75, 3.05) is 13.2 Å². The molecule has 0 aliphatic carbocycles. The van der Waals surface area contributed by atoms with Crippen molar-refractivity contribution < 1.29 is 4.74 Å². The van der Waals surface area contributed by atoms with Crippen molar-refractivity contribution in [3.63, 3.8) is 0 Å². The van der Waals surface area contributed by atoms with Gasteiger partial charge in [-0.25, -0.2) is 0 Å². The predicted molar refractivity (Wildman–Crippen MR) is 142 cm³/mol. The summed E-state index contributed by atoms with van der Waals surface area (Å²) in [5.41, 5.74) is 0. The normalized spacial score (nSPS) is 11.4. The van der Waals surface area contributed by atoms with Gasteiger partial charge in [-0.2, -0.15) is 0 Å². The molecule has 188 valence electrons. The average molecular weight is 439 g/mol. The van der Waals surface area contributed by atoms with Gasteiger partial charge >= 0.3 is 0 Å². The fourth-order valence-corrected chi connectivity index (χ4v) is 4.55. The van der Waals surface area contributed by atoms with Gasteiger partial charge in [-0.1, -0.05) is 168 Å². The van der Waals surface area contributed by atoms with E-state index < -0.39 is 0 Å². The van der Waals surface area contributed by atoms with Gasteiger partial charge in [0.2, 0.25) is 0 Å². The third kappa shape index (κ3) is 30.0. The van der Waals surface area contributed by atoms with E-state index >= 15 is 0 Å². The van der Waals surface area contributed by atoms with Gasteiger partial charge in [0, 0.05) is 13.2 Å². The minimum atomic E-state index is 0.996. The molecule has 0 saturated carbocycles. The quantitative estimate of drug-likeness (QED) is 0.110. The summed E-state index contributed by atoms with van der Waals surface area (Å²) in [4.78, 5) is 0. The summed E-state index contributed by atoms with van der Waals surface area (Å²) in [5, 5.41) is 0. The first-order valence-corrected chi connectivity index (χ1v) is 15.0. The standard InChI is InChI=1S/C30H62O/c1-3-5-7-9-11-13-15-17-19-21-23-25-27-29-31-30-28-26-24-22-20-18-16-14-12-10-8-6-4-2/h3-30H2,1-2H3. The number of unbranched alkanes of at least 4 members (excludes halogenated alkanes) is 24. The molecule has 0 spiro atoms. The maximum Gasteiger partial charge on any atom is 0.0466 e. The summed E-state index contributed by atoms with van der Waals surface area (Å²) >= 11 is 0. The SMILES string of the molecule is CCCCCCCCCCCCCCCOCCCCCCCCCCCCCCC. The van der Waals surface area contributed by atoms with Gasteiger partial charge in [-0.3, -0.25) is 0 Å². The molecule has 0 amide bonds. The zero-order valence-corrected chi connectivity index (χ0v) is 22.2. The molecule has 0 heterocycles. The predicted octanol–water partition coefficient (Wildman–Crippen LogP) is 11.2. The van der Waals surface area contributed by atoms with Crippen LogP contribution in [0.4, 0.5) is 0 Å². The van der Waals surface area contributed by atoms with Crippen LogP contribution in [-0.2, 0) is 4.74 Å². The molecule has 0 aliphatic heterocycles. The van der Waals surface area contributed by atoms with E-state index in [4.69, 9.17) is 4.74 Å². The minimum Gasteiger partial charge on any atom is -0.381 e. The molecule has 0 aromatic heterocycles. The average Bonchev–Trinajstić information content (AvgIpc) is 2.78. The van der Waals surface area contributed by atoms with Crippen molar-refractivity contribution in [3.05, 3.63) is 0 Å². The van der Waals surface area contributed by atoms with Crippen molar-refractivity contribution in [2.45, 2.75) is 181 Å². The Morgan fingerprint density at radius 3 is 0.677 bits per heavy atom. The summed E-state index contributed by atoms with van der Waals surface area (Å²) in [6.07, 6.45) is 37.1. The highest BCUT2D eigenvalue weighted by Crippen LogP contribution is 2.14. The maximum absolute atomic E-state index is 5.83. The molecule has 0 N–H and O–H groups in total. The second-order valence-electron chi connectivity index (χ2n) is 10.1. The molecule has 0 bridgehead atoms.